The van der Waals surface area contributed by atoms with E-state index >= 15 is 0 Å². The molecule has 0 saturated carbocycles. The molecular formula is C28H20Cl2FN3. The zero-order valence-electron chi connectivity index (χ0n) is 18.1. The number of H-pyrrole nitrogens is 1. The Labute approximate surface area is 206 Å². The zero-order chi connectivity index (χ0) is 23.2. The molecule has 1 aromatic heterocycles. The van der Waals surface area contributed by atoms with Gasteiger partial charge in [-0.3, -0.25) is 10.1 Å². The largest absolute Gasteiger partial charge is 0.278 e. The van der Waals surface area contributed by atoms with Gasteiger partial charge in [0.2, 0.25) is 0 Å². The summed E-state index contributed by atoms with van der Waals surface area (Å²) < 4.78 is 14.0. The van der Waals surface area contributed by atoms with Crippen LogP contribution in [0.25, 0.3) is 16.5 Å². The minimum absolute atomic E-state index is 0.139. The lowest BCUT2D eigenvalue weighted by Crippen LogP contribution is -2.10. The number of halogens is 3. The lowest BCUT2D eigenvalue weighted by atomic mass is 9.85. The molecule has 2 heterocycles. The summed E-state index contributed by atoms with van der Waals surface area (Å²) in [7, 11) is 0. The van der Waals surface area contributed by atoms with Crippen LogP contribution in [0, 0.1) is 11.7 Å². The van der Waals surface area contributed by atoms with Crippen molar-refractivity contribution < 1.29 is 4.39 Å². The number of allylic oxidation sites excluding steroid dienone is 4. The van der Waals surface area contributed by atoms with E-state index in [1.165, 1.54) is 17.2 Å². The second-order valence-corrected chi connectivity index (χ2v) is 9.65. The number of nitrogens with one attached hydrogen (secondary N) is 1. The molecule has 0 amide bonds. The molecular weight excluding hydrogens is 468 g/mol. The predicted octanol–water partition coefficient (Wildman–Crippen LogP) is 7.86. The number of fused-ring (bicyclic) bond motifs is 2. The van der Waals surface area contributed by atoms with Crippen molar-refractivity contribution in [3.63, 3.8) is 0 Å². The van der Waals surface area contributed by atoms with E-state index in [9.17, 15) is 4.39 Å². The smallest absolute Gasteiger partial charge is 0.142 e. The molecule has 0 bridgehead atoms. The molecule has 0 radical (unpaired) electrons. The Morgan fingerprint density at radius 3 is 2.82 bits per heavy atom. The van der Waals surface area contributed by atoms with E-state index in [0.29, 0.717) is 11.4 Å². The monoisotopic (exact) mass is 487 g/mol. The van der Waals surface area contributed by atoms with Crippen molar-refractivity contribution in [2.75, 3.05) is 0 Å². The van der Waals surface area contributed by atoms with Gasteiger partial charge in [0.15, 0.2) is 0 Å². The Balaban J connectivity index is 1.29. The third-order valence-corrected chi connectivity index (χ3v) is 7.25. The van der Waals surface area contributed by atoms with E-state index < -0.39 is 0 Å². The van der Waals surface area contributed by atoms with Crippen LogP contribution >= 0.6 is 23.2 Å². The van der Waals surface area contributed by atoms with E-state index in [2.05, 4.69) is 52.7 Å². The lowest BCUT2D eigenvalue weighted by molar-refractivity contribution is 0.624. The normalized spacial score (nSPS) is 19.0. The summed E-state index contributed by atoms with van der Waals surface area (Å²) in [6.07, 6.45) is 11.6. The van der Waals surface area contributed by atoms with Gasteiger partial charge in [0.25, 0.3) is 0 Å². The fourth-order valence-electron chi connectivity index (χ4n) is 4.90. The number of aromatic nitrogens is 2. The molecule has 1 aliphatic heterocycles. The number of nitrogens with zero attached hydrogens (tertiary/aromatic N) is 2. The van der Waals surface area contributed by atoms with Crippen molar-refractivity contribution in [1.29, 1.82) is 0 Å². The molecule has 2 unspecified atom stereocenters. The quantitative estimate of drug-likeness (QED) is 0.312. The highest BCUT2D eigenvalue weighted by Gasteiger charge is 2.23. The van der Waals surface area contributed by atoms with Crippen LogP contribution in [-0.2, 0) is 12.8 Å². The molecule has 4 aromatic rings. The maximum absolute atomic E-state index is 14.0. The van der Waals surface area contributed by atoms with Gasteiger partial charge >= 0.3 is 0 Å². The zero-order valence-corrected chi connectivity index (χ0v) is 19.6. The van der Waals surface area contributed by atoms with Gasteiger partial charge in [-0.05, 0) is 71.0 Å². The third kappa shape index (κ3) is 3.87. The van der Waals surface area contributed by atoms with Crippen LogP contribution in [0.2, 0.25) is 10.0 Å². The number of rotatable bonds is 4. The Bertz CT molecular complexity index is 1520. The Kier molecular flexibility index (Phi) is 5.35. The molecule has 34 heavy (non-hydrogen) atoms. The fourth-order valence-corrected chi connectivity index (χ4v) is 5.30. The summed E-state index contributed by atoms with van der Waals surface area (Å²) in [5.74, 6) is -0.0869. The highest BCUT2D eigenvalue weighted by atomic mass is 35.5. The summed E-state index contributed by atoms with van der Waals surface area (Å²) in [6, 6.07) is 15.6. The van der Waals surface area contributed by atoms with Gasteiger partial charge in [-0.25, -0.2) is 4.39 Å². The minimum atomic E-state index is -0.388. The fraction of sp³-hybridized carbons (Fsp3) is 0.143. The van der Waals surface area contributed by atoms with Gasteiger partial charge in [-0.1, -0.05) is 59.6 Å². The van der Waals surface area contributed by atoms with Gasteiger partial charge < -0.3 is 0 Å². The summed E-state index contributed by atoms with van der Waals surface area (Å²) in [6.45, 7) is 0. The lowest BCUT2D eigenvalue weighted by Gasteiger charge is -2.22. The van der Waals surface area contributed by atoms with E-state index in [1.807, 2.05) is 24.5 Å². The molecule has 0 spiro atoms. The second kappa shape index (κ2) is 8.53. The molecule has 1 aliphatic carbocycles. The van der Waals surface area contributed by atoms with Crippen LogP contribution in [-0.4, -0.2) is 16.4 Å². The van der Waals surface area contributed by atoms with E-state index in [-0.39, 0.29) is 22.7 Å². The summed E-state index contributed by atoms with van der Waals surface area (Å²) in [5, 5.41) is 9.05. The van der Waals surface area contributed by atoms with Gasteiger partial charge in [0.05, 0.1) is 27.4 Å². The summed E-state index contributed by atoms with van der Waals surface area (Å²) in [4.78, 5) is 4.72. The Morgan fingerprint density at radius 2 is 1.94 bits per heavy atom. The molecule has 6 rings (SSSR count). The summed E-state index contributed by atoms with van der Waals surface area (Å²) >= 11 is 12.5. The molecule has 0 fully saturated rings. The van der Waals surface area contributed by atoms with E-state index in [1.54, 1.807) is 6.07 Å². The number of aromatic amines is 1. The van der Waals surface area contributed by atoms with Gasteiger partial charge in [-0.15, -0.1) is 0 Å². The maximum atomic E-state index is 14.0. The number of hydrogen-bond acceptors (Lipinski definition) is 2. The first-order valence-corrected chi connectivity index (χ1v) is 11.9. The molecule has 168 valence electrons. The predicted molar refractivity (Wildman–Crippen MR) is 138 cm³/mol. The van der Waals surface area contributed by atoms with Crippen LogP contribution in [0.1, 0.15) is 28.2 Å². The van der Waals surface area contributed by atoms with Crippen molar-refractivity contribution in [2.45, 2.75) is 18.8 Å². The molecule has 1 N–H and O–H groups in total. The molecule has 0 saturated heterocycles. The van der Waals surface area contributed by atoms with Crippen molar-refractivity contribution in [3.8, 4) is 0 Å². The highest BCUT2D eigenvalue weighted by Crippen LogP contribution is 2.41. The second-order valence-electron chi connectivity index (χ2n) is 8.84. The van der Waals surface area contributed by atoms with Gasteiger partial charge in [0.1, 0.15) is 5.82 Å². The molecule has 3 aromatic carbocycles. The Morgan fingerprint density at radius 1 is 1.03 bits per heavy atom. The van der Waals surface area contributed by atoms with E-state index in [0.717, 1.165) is 39.7 Å². The van der Waals surface area contributed by atoms with Crippen molar-refractivity contribution >= 4 is 51.6 Å². The van der Waals surface area contributed by atoms with Crippen LogP contribution in [0.15, 0.2) is 77.9 Å². The first-order chi connectivity index (χ1) is 16.5. The third-order valence-electron chi connectivity index (χ3n) is 6.65. The molecule has 6 heteroatoms. The van der Waals surface area contributed by atoms with Crippen molar-refractivity contribution in [2.24, 2.45) is 10.9 Å². The molecule has 2 aliphatic rings. The minimum Gasteiger partial charge on any atom is -0.278 e. The van der Waals surface area contributed by atoms with Crippen molar-refractivity contribution in [3.05, 3.63) is 111 Å². The average molecular weight is 488 g/mol. The van der Waals surface area contributed by atoms with Crippen LogP contribution < -0.4 is 0 Å². The maximum Gasteiger partial charge on any atom is 0.142 e. The molecule has 3 nitrogen and oxygen atoms in total. The number of benzene rings is 3. The van der Waals surface area contributed by atoms with Gasteiger partial charge in [-0.2, -0.15) is 5.10 Å². The summed E-state index contributed by atoms with van der Waals surface area (Å²) in [5.41, 5.74) is 7.34. The highest BCUT2D eigenvalue weighted by molar-refractivity contribution is 6.33. The van der Waals surface area contributed by atoms with E-state index in [4.69, 9.17) is 28.2 Å². The SMILES string of the molecule is Fc1cc(CC2C=CC=C2c2cc(Cl)c3c(c2)CC(c2ccc4cn[nH]c4c2)C=N3)ccc1Cl. The van der Waals surface area contributed by atoms with Crippen LogP contribution in [0.5, 0.6) is 0 Å². The standard InChI is InChI=1S/C28H20Cl2FN3/c29-24-7-4-16(9-26(24)31)8-18-2-1-3-23(18)20-10-21-11-22(14-32-28(21)25(30)12-20)17-5-6-19-15-33-34-27(19)13-17/h1-7,9-10,12-15,18,22H,8,11H2,(H,33,34). The van der Waals surface area contributed by atoms with Crippen LogP contribution in [0.4, 0.5) is 10.1 Å². The van der Waals surface area contributed by atoms with Crippen LogP contribution in [0.3, 0.4) is 0 Å². The van der Waals surface area contributed by atoms with Crippen molar-refractivity contribution in [1.82, 2.24) is 10.2 Å². The first-order valence-electron chi connectivity index (χ1n) is 11.2. The topological polar surface area (TPSA) is 41.0 Å². The average Bonchev–Trinajstić information content (AvgIpc) is 3.50. The Hall–Kier alpha value is -3.21. The first kappa shape index (κ1) is 21.3. The number of hydrogen-bond donors (Lipinski definition) is 1. The van der Waals surface area contributed by atoms with Gasteiger partial charge in [0, 0.05) is 23.4 Å². The molecule has 2 atom stereocenters. The number of aliphatic imine (C=N–C) groups is 1.